The maximum Gasteiger partial charge on any atom is 0.261 e. The van der Waals surface area contributed by atoms with Gasteiger partial charge in [-0.3, -0.25) is 9.36 Å². The number of benzene rings is 1. The molecule has 1 N–H and O–H groups in total. The third kappa shape index (κ3) is 2.24. The van der Waals surface area contributed by atoms with Gasteiger partial charge in [-0.25, -0.2) is 4.98 Å². The molecular weight excluding hydrogens is 287 g/mol. The van der Waals surface area contributed by atoms with Gasteiger partial charge in [-0.05, 0) is 31.4 Å². The molecule has 1 aromatic heterocycles. The van der Waals surface area contributed by atoms with Crippen LogP contribution in [0.15, 0.2) is 23.3 Å². The first-order valence-electron chi connectivity index (χ1n) is 6.05. The molecule has 1 saturated carbocycles. The molecule has 6 heteroatoms. The molecule has 0 aliphatic heterocycles. The molecule has 0 radical (unpaired) electrons. The molecule has 100 valence electrons. The Labute approximate surface area is 119 Å². The van der Waals surface area contributed by atoms with E-state index in [1.807, 2.05) is 0 Å². The highest BCUT2D eigenvalue weighted by molar-refractivity contribution is 6.38. The normalized spacial score (nSPS) is 17.4. The zero-order valence-electron chi connectivity index (χ0n) is 10.1. The molecule has 1 aliphatic rings. The van der Waals surface area contributed by atoms with Crippen molar-refractivity contribution in [2.75, 3.05) is 0 Å². The van der Waals surface area contributed by atoms with Gasteiger partial charge in [0.05, 0.1) is 34.4 Å². The van der Waals surface area contributed by atoms with Gasteiger partial charge in [-0.2, -0.15) is 0 Å². The molecule has 1 fully saturated rings. The number of halogens is 2. The Morgan fingerprint density at radius 3 is 2.74 bits per heavy atom. The Kier molecular flexibility index (Phi) is 3.04. The summed E-state index contributed by atoms with van der Waals surface area (Å²) in [5, 5.41) is 11.3. The lowest BCUT2D eigenvalue weighted by Gasteiger charge is -2.36. The summed E-state index contributed by atoms with van der Waals surface area (Å²) in [6.07, 6.45) is 3.85. The van der Waals surface area contributed by atoms with Gasteiger partial charge in [0, 0.05) is 5.02 Å². The van der Waals surface area contributed by atoms with E-state index in [2.05, 4.69) is 4.98 Å². The topological polar surface area (TPSA) is 55.1 Å². The molecule has 0 saturated heterocycles. The molecule has 2 aromatic rings. The number of rotatable bonds is 2. The number of aliphatic hydroxyl groups is 1. The minimum absolute atomic E-state index is 0.227. The van der Waals surface area contributed by atoms with E-state index in [0.29, 0.717) is 33.8 Å². The zero-order valence-corrected chi connectivity index (χ0v) is 11.6. The zero-order chi connectivity index (χ0) is 13.6. The Balaban J connectivity index is 2.13. The smallest absolute Gasteiger partial charge is 0.261 e. The van der Waals surface area contributed by atoms with E-state index in [9.17, 15) is 9.90 Å². The molecule has 1 aliphatic carbocycles. The number of fused-ring (bicyclic) bond motifs is 1. The number of hydrogen-bond donors (Lipinski definition) is 1. The van der Waals surface area contributed by atoms with Crippen LogP contribution in [0.4, 0.5) is 0 Å². The molecule has 4 nitrogen and oxygen atoms in total. The molecular formula is C13H12Cl2N2O2. The average Bonchev–Trinajstić information content (AvgIpc) is 2.31. The third-order valence-corrected chi connectivity index (χ3v) is 4.10. The molecule has 0 spiro atoms. The fraction of sp³-hybridized carbons (Fsp3) is 0.385. The van der Waals surface area contributed by atoms with Gasteiger partial charge in [-0.15, -0.1) is 0 Å². The van der Waals surface area contributed by atoms with E-state index < -0.39 is 5.60 Å². The van der Waals surface area contributed by atoms with Crippen molar-refractivity contribution in [1.29, 1.82) is 0 Å². The van der Waals surface area contributed by atoms with Crippen LogP contribution in [-0.4, -0.2) is 20.3 Å². The highest BCUT2D eigenvalue weighted by Crippen LogP contribution is 2.32. The lowest BCUT2D eigenvalue weighted by molar-refractivity contribution is -0.0481. The number of hydrogen-bond acceptors (Lipinski definition) is 3. The van der Waals surface area contributed by atoms with Gasteiger partial charge in [0.1, 0.15) is 0 Å². The Bertz CT molecular complexity index is 708. The summed E-state index contributed by atoms with van der Waals surface area (Å²) < 4.78 is 1.42. The van der Waals surface area contributed by atoms with Crippen LogP contribution in [0.25, 0.3) is 10.9 Å². The predicted octanol–water partition coefficient (Wildman–Crippen LogP) is 2.62. The summed E-state index contributed by atoms with van der Waals surface area (Å²) in [5.41, 5.74) is -0.565. The first kappa shape index (κ1) is 12.9. The van der Waals surface area contributed by atoms with Gasteiger partial charge in [0.15, 0.2) is 0 Å². The number of aromatic nitrogens is 2. The molecule has 0 amide bonds. The van der Waals surface area contributed by atoms with Crippen molar-refractivity contribution in [2.45, 2.75) is 31.4 Å². The highest BCUT2D eigenvalue weighted by atomic mass is 35.5. The largest absolute Gasteiger partial charge is 0.388 e. The predicted molar refractivity (Wildman–Crippen MR) is 74.8 cm³/mol. The van der Waals surface area contributed by atoms with Crippen LogP contribution in [0.5, 0.6) is 0 Å². The summed E-state index contributed by atoms with van der Waals surface area (Å²) in [5.74, 6) is 0. The molecule has 19 heavy (non-hydrogen) atoms. The minimum atomic E-state index is -0.776. The average molecular weight is 299 g/mol. The quantitative estimate of drug-likeness (QED) is 0.927. The van der Waals surface area contributed by atoms with Crippen LogP contribution in [0, 0.1) is 0 Å². The molecule has 0 bridgehead atoms. The van der Waals surface area contributed by atoms with Gasteiger partial charge < -0.3 is 5.11 Å². The van der Waals surface area contributed by atoms with E-state index in [0.717, 1.165) is 6.42 Å². The highest BCUT2D eigenvalue weighted by Gasteiger charge is 2.35. The summed E-state index contributed by atoms with van der Waals surface area (Å²) in [7, 11) is 0. The first-order valence-corrected chi connectivity index (χ1v) is 6.81. The van der Waals surface area contributed by atoms with Gasteiger partial charge in [-0.1, -0.05) is 23.2 Å². The number of nitrogens with zero attached hydrogens (tertiary/aromatic N) is 2. The Morgan fingerprint density at radius 1 is 1.37 bits per heavy atom. The second-order valence-corrected chi connectivity index (χ2v) is 5.88. The monoisotopic (exact) mass is 298 g/mol. The van der Waals surface area contributed by atoms with Crippen LogP contribution in [0.3, 0.4) is 0 Å². The second-order valence-electron chi connectivity index (χ2n) is 5.04. The SMILES string of the molecule is O=c1c2cc(Cl)cc(Cl)c2ncn1CC1(O)CCC1. The summed E-state index contributed by atoms with van der Waals surface area (Å²) >= 11 is 11.9. The van der Waals surface area contributed by atoms with E-state index in [1.54, 1.807) is 12.1 Å². The van der Waals surface area contributed by atoms with Crippen molar-refractivity contribution in [3.8, 4) is 0 Å². The van der Waals surface area contributed by atoms with Gasteiger partial charge in [0.25, 0.3) is 5.56 Å². The molecule has 1 aromatic carbocycles. The van der Waals surface area contributed by atoms with Crippen molar-refractivity contribution in [2.24, 2.45) is 0 Å². The van der Waals surface area contributed by atoms with Gasteiger partial charge in [0.2, 0.25) is 0 Å². The van der Waals surface area contributed by atoms with Crippen molar-refractivity contribution in [1.82, 2.24) is 9.55 Å². The van der Waals surface area contributed by atoms with Gasteiger partial charge >= 0.3 is 0 Å². The molecule has 0 atom stereocenters. The van der Waals surface area contributed by atoms with Crippen molar-refractivity contribution in [3.63, 3.8) is 0 Å². The van der Waals surface area contributed by atoms with Crippen molar-refractivity contribution < 1.29 is 5.11 Å². The second kappa shape index (κ2) is 4.47. The summed E-state index contributed by atoms with van der Waals surface area (Å²) in [6.45, 7) is 0.263. The van der Waals surface area contributed by atoms with Crippen LogP contribution >= 0.6 is 23.2 Å². The molecule has 1 heterocycles. The summed E-state index contributed by atoms with van der Waals surface area (Å²) in [6, 6.07) is 3.11. The summed E-state index contributed by atoms with van der Waals surface area (Å²) in [4.78, 5) is 16.5. The molecule has 3 rings (SSSR count). The Hall–Kier alpha value is -1.10. The third-order valence-electron chi connectivity index (χ3n) is 3.59. The molecule has 0 unspecified atom stereocenters. The van der Waals surface area contributed by atoms with Crippen molar-refractivity contribution in [3.05, 3.63) is 38.9 Å². The van der Waals surface area contributed by atoms with E-state index in [4.69, 9.17) is 23.2 Å². The van der Waals surface area contributed by atoms with E-state index >= 15 is 0 Å². The maximum absolute atomic E-state index is 12.3. The lowest BCUT2D eigenvalue weighted by atomic mass is 9.80. The fourth-order valence-electron chi connectivity index (χ4n) is 2.37. The van der Waals surface area contributed by atoms with E-state index in [1.165, 1.54) is 10.9 Å². The Morgan fingerprint density at radius 2 is 2.11 bits per heavy atom. The van der Waals surface area contributed by atoms with Crippen LogP contribution in [0.1, 0.15) is 19.3 Å². The van der Waals surface area contributed by atoms with Crippen molar-refractivity contribution >= 4 is 34.1 Å². The van der Waals surface area contributed by atoms with Crippen LogP contribution in [-0.2, 0) is 6.54 Å². The fourth-order valence-corrected chi connectivity index (χ4v) is 2.91. The first-order chi connectivity index (χ1) is 8.98. The minimum Gasteiger partial charge on any atom is -0.388 e. The maximum atomic E-state index is 12.3. The lowest BCUT2D eigenvalue weighted by Crippen LogP contribution is -2.43. The standard InChI is InChI=1S/C13H12Cl2N2O2/c14-8-4-9-11(10(15)5-8)16-7-17(12(9)18)6-13(19)2-1-3-13/h4-5,7,19H,1-3,6H2. The van der Waals surface area contributed by atoms with E-state index in [-0.39, 0.29) is 12.1 Å². The van der Waals surface area contributed by atoms with Crippen LogP contribution in [0.2, 0.25) is 10.0 Å². The van der Waals surface area contributed by atoms with Crippen LogP contribution < -0.4 is 5.56 Å².